The van der Waals surface area contributed by atoms with Gasteiger partial charge >= 0.3 is 12.2 Å². The zero-order chi connectivity index (χ0) is 16.6. The topological polar surface area (TPSA) is 36.0 Å². The zero-order valence-corrected chi connectivity index (χ0v) is 12.5. The maximum atomic E-state index is 12.5. The third-order valence-electron chi connectivity index (χ3n) is 3.86. The molecule has 0 spiro atoms. The number of hydrogen-bond acceptors (Lipinski definition) is 3. The Labute approximate surface area is 131 Å². The van der Waals surface area contributed by atoms with Gasteiger partial charge in [0, 0.05) is 32.4 Å². The molecule has 0 saturated carbocycles. The van der Waals surface area contributed by atoms with E-state index in [-0.39, 0.29) is 12.8 Å². The largest absolute Gasteiger partial charge is 0.466 e. The van der Waals surface area contributed by atoms with Gasteiger partial charge in [-0.2, -0.15) is 13.2 Å². The molecule has 0 aliphatic carbocycles. The van der Waals surface area contributed by atoms with Gasteiger partial charge in [0.15, 0.2) is 6.73 Å². The molecule has 2 heterocycles. The molecule has 8 heteroatoms. The second-order valence-electron chi connectivity index (χ2n) is 5.53. The molecule has 1 saturated heterocycles. The van der Waals surface area contributed by atoms with Crippen LogP contribution in [0.1, 0.15) is 5.56 Å². The van der Waals surface area contributed by atoms with Crippen LogP contribution in [0.4, 0.5) is 23.7 Å². The van der Waals surface area contributed by atoms with Crippen molar-refractivity contribution in [2.75, 3.05) is 31.8 Å². The summed E-state index contributed by atoms with van der Waals surface area (Å²) in [5.41, 5.74) is 1.54. The highest BCUT2D eigenvalue weighted by molar-refractivity contribution is 5.76. The molecule has 1 aromatic rings. The van der Waals surface area contributed by atoms with Crippen molar-refractivity contribution >= 4 is 11.7 Å². The zero-order valence-electron chi connectivity index (χ0n) is 12.5. The second-order valence-corrected chi connectivity index (χ2v) is 5.53. The maximum Gasteiger partial charge on any atom is 0.450 e. The van der Waals surface area contributed by atoms with Gasteiger partial charge in [0.25, 0.3) is 0 Å². The van der Waals surface area contributed by atoms with E-state index in [1.54, 1.807) is 41.1 Å². The first-order chi connectivity index (χ1) is 10.8. The minimum Gasteiger partial charge on any atom is -0.466 e. The van der Waals surface area contributed by atoms with E-state index in [1.165, 1.54) is 4.90 Å². The number of carbonyl (C=O) groups excluding carboxylic acids is 1. The van der Waals surface area contributed by atoms with E-state index in [4.69, 9.17) is 0 Å². The summed E-state index contributed by atoms with van der Waals surface area (Å²) in [6.45, 7) is 1.70. The van der Waals surface area contributed by atoms with Crippen LogP contribution in [-0.2, 0) is 11.3 Å². The smallest absolute Gasteiger partial charge is 0.450 e. The Morgan fingerprint density at radius 1 is 1.17 bits per heavy atom. The third kappa shape index (κ3) is 3.20. The van der Waals surface area contributed by atoms with Crippen molar-refractivity contribution in [2.45, 2.75) is 12.7 Å². The number of anilines is 1. The van der Waals surface area contributed by atoms with Gasteiger partial charge in [-0.3, -0.25) is 0 Å². The summed E-state index contributed by atoms with van der Waals surface area (Å²) in [6, 6.07) is 7.04. The van der Waals surface area contributed by atoms with Crippen LogP contribution in [0.2, 0.25) is 0 Å². The summed E-state index contributed by atoms with van der Waals surface area (Å²) >= 11 is 0. The van der Waals surface area contributed by atoms with Gasteiger partial charge in [-0.15, -0.1) is 0 Å². The molecule has 0 radical (unpaired) electrons. The van der Waals surface area contributed by atoms with Gasteiger partial charge in [0.2, 0.25) is 5.76 Å². The van der Waals surface area contributed by atoms with Crippen LogP contribution in [-0.4, -0.2) is 48.9 Å². The molecule has 1 aromatic carbocycles. The van der Waals surface area contributed by atoms with E-state index < -0.39 is 11.9 Å². The molecule has 0 N–H and O–H groups in total. The second kappa shape index (κ2) is 5.68. The molecule has 2 aliphatic heterocycles. The predicted molar refractivity (Wildman–Crippen MR) is 77.4 cm³/mol. The molecule has 0 unspecified atom stereocenters. The fraction of sp³-hybridized carbons (Fsp3) is 0.400. The van der Waals surface area contributed by atoms with E-state index in [9.17, 15) is 18.0 Å². The van der Waals surface area contributed by atoms with Crippen LogP contribution in [0, 0.1) is 0 Å². The number of hydrogen-bond donors (Lipinski definition) is 0. The standard InChI is InChI=1S/C15H16F3N3O2/c1-19-6-7-20(14(19)22)8-11-2-4-12(5-3-11)21-9-13(23-10-21)15(16,17)18/h2-5,9H,6-8,10H2,1H3. The Balaban J connectivity index is 1.66. The number of urea groups is 1. The summed E-state index contributed by atoms with van der Waals surface area (Å²) in [6.07, 6.45) is -3.52. The lowest BCUT2D eigenvalue weighted by atomic mass is 10.2. The number of nitrogens with zero attached hydrogens (tertiary/aromatic N) is 3. The van der Waals surface area contributed by atoms with Gasteiger partial charge in [0.1, 0.15) is 0 Å². The van der Waals surface area contributed by atoms with Crippen LogP contribution >= 0.6 is 0 Å². The maximum absolute atomic E-state index is 12.5. The molecule has 0 atom stereocenters. The van der Waals surface area contributed by atoms with Crippen LogP contribution < -0.4 is 4.90 Å². The summed E-state index contributed by atoms with van der Waals surface area (Å²) in [7, 11) is 1.75. The van der Waals surface area contributed by atoms with Crippen molar-refractivity contribution in [1.29, 1.82) is 0 Å². The molecule has 124 valence electrons. The van der Waals surface area contributed by atoms with Gasteiger partial charge in [-0.05, 0) is 17.7 Å². The highest BCUT2D eigenvalue weighted by atomic mass is 19.4. The summed E-state index contributed by atoms with van der Waals surface area (Å²) in [5, 5.41) is 0. The number of benzene rings is 1. The first-order valence-corrected chi connectivity index (χ1v) is 7.12. The van der Waals surface area contributed by atoms with Crippen molar-refractivity contribution in [3.05, 3.63) is 41.8 Å². The normalized spacial score (nSPS) is 18.5. The van der Waals surface area contributed by atoms with Crippen molar-refractivity contribution in [3.63, 3.8) is 0 Å². The van der Waals surface area contributed by atoms with Gasteiger partial charge in [0.05, 0.1) is 6.20 Å². The summed E-state index contributed by atoms with van der Waals surface area (Å²) < 4.78 is 42.3. The molecule has 2 aliphatic rings. The first kappa shape index (κ1) is 15.5. The molecular weight excluding hydrogens is 311 g/mol. The van der Waals surface area contributed by atoms with Crippen molar-refractivity contribution in [2.24, 2.45) is 0 Å². The fourth-order valence-electron chi connectivity index (χ4n) is 2.52. The average molecular weight is 327 g/mol. The Morgan fingerprint density at radius 2 is 1.87 bits per heavy atom. The molecular formula is C15H16F3N3O2. The monoisotopic (exact) mass is 327 g/mol. The highest BCUT2D eigenvalue weighted by Crippen LogP contribution is 2.32. The third-order valence-corrected chi connectivity index (χ3v) is 3.86. The molecule has 5 nitrogen and oxygen atoms in total. The van der Waals surface area contributed by atoms with Gasteiger partial charge in [-0.25, -0.2) is 4.79 Å². The average Bonchev–Trinajstić information content (AvgIpc) is 3.11. The van der Waals surface area contributed by atoms with Crippen LogP contribution in [0.25, 0.3) is 0 Å². The molecule has 1 fully saturated rings. The Hall–Kier alpha value is -2.38. The van der Waals surface area contributed by atoms with Crippen molar-refractivity contribution in [1.82, 2.24) is 9.80 Å². The molecule has 23 heavy (non-hydrogen) atoms. The number of halogens is 3. The van der Waals surface area contributed by atoms with Crippen LogP contribution in [0.3, 0.4) is 0 Å². The molecule has 0 bridgehead atoms. The predicted octanol–water partition coefficient (Wildman–Crippen LogP) is 2.75. The van der Waals surface area contributed by atoms with E-state index in [0.29, 0.717) is 25.3 Å². The highest BCUT2D eigenvalue weighted by Gasteiger charge is 2.39. The Kier molecular flexibility index (Phi) is 3.83. The number of rotatable bonds is 3. The first-order valence-electron chi connectivity index (χ1n) is 7.12. The lowest BCUT2D eigenvalue weighted by molar-refractivity contribution is -0.126. The fourth-order valence-corrected chi connectivity index (χ4v) is 2.52. The molecule has 3 rings (SSSR count). The van der Waals surface area contributed by atoms with E-state index in [0.717, 1.165) is 11.8 Å². The van der Waals surface area contributed by atoms with Gasteiger partial charge < -0.3 is 19.4 Å². The number of allylic oxidation sites excluding steroid dienone is 1. The lowest BCUT2D eigenvalue weighted by Gasteiger charge is -2.17. The summed E-state index contributed by atoms with van der Waals surface area (Å²) in [5.74, 6) is -0.993. The number of ether oxygens (including phenoxy) is 1. The number of carbonyl (C=O) groups is 1. The van der Waals surface area contributed by atoms with Crippen molar-refractivity contribution in [3.8, 4) is 0 Å². The van der Waals surface area contributed by atoms with Crippen molar-refractivity contribution < 1.29 is 22.7 Å². The number of amides is 2. The Morgan fingerprint density at radius 3 is 2.39 bits per heavy atom. The molecule has 0 aromatic heterocycles. The van der Waals surface area contributed by atoms with E-state index >= 15 is 0 Å². The van der Waals surface area contributed by atoms with E-state index in [2.05, 4.69) is 4.74 Å². The van der Waals surface area contributed by atoms with Crippen LogP contribution in [0.5, 0.6) is 0 Å². The Bertz CT molecular complexity index is 628. The van der Waals surface area contributed by atoms with Crippen LogP contribution in [0.15, 0.2) is 36.2 Å². The van der Waals surface area contributed by atoms with E-state index in [1.807, 2.05) is 0 Å². The summed E-state index contributed by atoms with van der Waals surface area (Å²) in [4.78, 5) is 16.6. The number of alkyl halides is 3. The SMILES string of the molecule is CN1CCN(Cc2ccc(N3C=C(C(F)(F)F)OC3)cc2)C1=O. The quantitative estimate of drug-likeness (QED) is 0.856. The number of likely N-dealkylation sites (N-methyl/N-ethyl adjacent to an activating group) is 1. The molecule has 2 amide bonds. The minimum absolute atomic E-state index is 0.0141. The lowest BCUT2D eigenvalue weighted by Crippen LogP contribution is -2.28. The van der Waals surface area contributed by atoms with Gasteiger partial charge in [-0.1, -0.05) is 12.1 Å². The minimum atomic E-state index is -4.48.